The molecule has 0 saturated carbocycles. The molecule has 0 bridgehead atoms. The molecule has 0 amide bonds. The Bertz CT molecular complexity index is 806. The average Bonchev–Trinajstić information content (AvgIpc) is 2.95. The second-order valence-electron chi connectivity index (χ2n) is 4.71. The van der Waals surface area contributed by atoms with Gasteiger partial charge in [-0.3, -0.25) is 0 Å². The number of aromatic nitrogens is 4. The van der Waals surface area contributed by atoms with Crippen LogP contribution in [0.2, 0.25) is 0 Å². The monoisotopic (exact) mass is 318 g/mol. The number of thioether (sulfide) groups is 1. The van der Waals surface area contributed by atoms with Gasteiger partial charge in [0.25, 0.3) is 5.78 Å². The van der Waals surface area contributed by atoms with E-state index in [0.717, 1.165) is 11.1 Å². The molecule has 1 aliphatic rings. The van der Waals surface area contributed by atoms with Crippen LogP contribution in [0.1, 0.15) is 11.1 Å². The molecule has 0 fully saturated rings. The van der Waals surface area contributed by atoms with E-state index in [0.29, 0.717) is 29.0 Å². The Labute approximate surface area is 129 Å². The second kappa shape index (κ2) is 5.54. The number of halogens is 1. The molecule has 8 heteroatoms. The number of fused-ring (bicyclic) bond motifs is 2. The van der Waals surface area contributed by atoms with Crippen LogP contribution < -0.4 is 4.74 Å². The van der Waals surface area contributed by atoms with Gasteiger partial charge in [0.15, 0.2) is 6.79 Å². The van der Waals surface area contributed by atoms with Gasteiger partial charge in [0.2, 0.25) is 5.16 Å². The molecule has 3 aromatic rings. The maximum Gasteiger partial charge on any atom is 0.253 e. The lowest BCUT2D eigenvalue weighted by molar-refractivity contribution is -0.0171. The van der Waals surface area contributed by atoms with Crippen molar-refractivity contribution in [3.05, 3.63) is 47.5 Å². The highest BCUT2D eigenvalue weighted by molar-refractivity contribution is 7.98. The molecule has 1 aliphatic heterocycles. The van der Waals surface area contributed by atoms with Crippen molar-refractivity contribution in [3.8, 4) is 5.75 Å². The molecule has 22 heavy (non-hydrogen) atoms. The maximum absolute atomic E-state index is 13.7. The van der Waals surface area contributed by atoms with Crippen LogP contribution >= 0.6 is 11.8 Å². The number of ether oxygens (including phenoxy) is 2. The van der Waals surface area contributed by atoms with Gasteiger partial charge in [-0.2, -0.15) is 4.98 Å². The van der Waals surface area contributed by atoms with Crippen molar-refractivity contribution < 1.29 is 13.9 Å². The van der Waals surface area contributed by atoms with E-state index in [1.165, 1.54) is 23.9 Å². The van der Waals surface area contributed by atoms with Crippen LogP contribution in [0.25, 0.3) is 5.78 Å². The standard InChI is InChI=1S/C14H11FN4O2S/c15-11-4-9-6-20-8-21-12(9)10(5-11)7-22-14-17-13-16-2-1-3-19(13)18-14/h1-5H,6-8H2. The number of nitrogens with zero attached hydrogens (tertiary/aromatic N) is 4. The molecule has 0 spiro atoms. The molecule has 2 aromatic heterocycles. The summed E-state index contributed by atoms with van der Waals surface area (Å²) in [5, 5.41) is 4.90. The molecule has 0 atom stereocenters. The van der Waals surface area contributed by atoms with E-state index in [9.17, 15) is 4.39 Å². The zero-order valence-corrected chi connectivity index (χ0v) is 12.2. The Morgan fingerprint density at radius 2 is 2.32 bits per heavy atom. The van der Waals surface area contributed by atoms with Crippen molar-refractivity contribution in [3.63, 3.8) is 0 Å². The highest BCUT2D eigenvalue weighted by Gasteiger charge is 2.17. The lowest BCUT2D eigenvalue weighted by Crippen LogP contribution is -2.13. The summed E-state index contributed by atoms with van der Waals surface area (Å²) in [5.41, 5.74) is 1.50. The fourth-order valence-corrected chi connectivity index (χ4v) is 3.07. The Hall–Kier alpha value is -2.19. The lowest BCUT2D eigenvalue weighted by Gasteiger charge is -2.20. The molecule has 0 unspecified atom stereocenters. The smallest absolute Gasteiger partial charge is 0.253 e. The number of hydrogen-bond donors (Lipinski definition) is 0. The Kier molecular flexibility index (Phi) is 3.39. The van der Waals surface area contributed by atoms with Crippen molar-refractivity contribution in [2.75, 3.05) is 6.79 Å². The Morgan fingerprint density at radius 1 is 1.36 bits per heavy atom. The third-order valence-corrected chi connectivity index (χ3v) is 4.09. The van der Waals surface area contributed by atoms with Gasteiger partial charge in [-0.15, -0.1) is 5.10 Å². The summed E-state index contributed by atoms with van der Waals surface area (Å²) < 4.78 is 26.0. The van der Waals surface area contributed by atoms with E-state index in [2.05, 4.69) is 15.1 Å². The SMILES string of the molecule is Fc1cc2c(c(CSc3nc4ncccn4n3)c1)OCOC2. The predicted octanol–water partition coefficient (Wildman–Crippen LogP) is 2.42. The van der Waals surface area contributed by atoms with E-state index >= 15 is 0 Å². The van der Waals surface area contributed by atoms with Crippen LogP contribution in [0, 0.1) is 5.82 Å². The van der Waals surface area contributed by atoms with Crippen LogP contribution in [-0.4, -0.2) is 26.4 Å². The molecule has 6 nitrogen and oxygen atoms in total. The van der Waals surface area contributed by atoms with Crippen molar-refractivity contribution >= 4 is 17.5 Å². The van der Waals surface area contributed by atoms with Gasteiger partial charge in [-0.05, 0) is 18.2 Å². The third kappa shape index (κ3) is 2.51. The zero-order valence-electron chi connectivity index (χ0n) is 11.4. The van der Waals surface area contributed by atoms with Gasteiger partial charge in [0.1, 0.15) is 11.6 Å². The minimum atomic E-state index is -0.298. The van der Waals surface area contributed by atoms with Crippen LogP contribution in [0.4, 0.5) is 4.39 Å². The largest absolute Gasteiger partial charge is 0.467 e. The Morgan fingerprint density at radius 3 is 3.23 bits per heavy atom. The van der Waals surface area contributed by atoms with Crippen LogP contribution in [0.3, 0.4) is 0 Å². The van der Waals surface area contributed by atoms with Gasteiger partial charge in [-0.25, -0.2) is 13.9 Å². The van der Waals surface area contributed by atoms with Gasteiger partial charge < -0.3 is 9.47 Å². The molecule has 0 N–H and O–H groups in total. The molecule has 112 valence electrons. The minimum absolute atomic E-state index is 0.187. The third-order valence-electron chi connectivity index (χ3n) is 3.21. The first-order chi connectivity index (χ1) is 10.8. The number of benzene rings is 1. The molecule has 4 rings (SSSR count). The average molecular weight is 318 g/mol. The topological polar surface area (TPSA) is 61.5 Å². The molecular weight excluding hydrogens is 307 g/mol. The van der Waals surface area contributed by atoms with Gasteiger partial charge in [0.05, 0.1) is 6.61 Å². The van der Waals surface area contributed by atoms with Gasteiger partial charge in [-0.1, -0.05) is 11.8 Å². The highest BCUT2D eigenvalue weighted by atomic mass is 32.2. The molecule has 0 radical (unpaired) electrons. The van der Waals surface area contributed by atoms with Crippen LogP contribution in [0.15, 0.2) is 35.7 Å². The van der Waals surface area contributed by atoms with Crippen molar-refractivity contribution in [2.24, 2.45) is 0 Å². The summed E-state index contributed by atoms with van der Waals surface area (Å²) in [6, 6.07) is 4.70. The first-order valence-corrected chi connectivity index (χ1v) is 7.60. The summed E-state index contributed by atoms with van der Waals surface area (Å²) >= 11 is 1.41. The lowest BCUT2D eigenvalue weighted by atomic mass is 10.1. The quantitative estimate of drug-likeness (QED) is 0.691. The van der Waals surface area contributed by atoms with E-state index < -0.39 is 0 Å². The molecule has 1 aromatic carbocycles. The second-order valence-corrected chi connectivity index (χ2v) is 5.65. The van der Waals surface area contributed by atoms with E-state index in [1.807, 2.05) is 0 Å². The summed E-state index contributed by atoms with van der Waals surface area (Å²) in [7, 11) is 0. The fourth-order valence-electron chi connectivity index (χ4n) is 2.28. The molecule has 3 heterocycles. The zero-order chi connectivity index (χ0) is 14.9. The fraction of sp³-hybridized carbons (Fsp3) is 0.214. The van der Waals surface area contributed by atoms with Crippen molar-refractivity contribution in [1.29, 1.82) is 0 Å². The van der Waals surface area contributed by atoms with Gasteiger partial charge >= 0.3 is 0 Å². The predicted molar refractivity (Wildman–Crippen MR) is 77.0 cm³/mol. The molecular formula is C14H11FN4O2S. The first-order valence-electron chi connectivity index (χ1n) is 6.61. The van der Waals surface area contributed by atoms with Crippen LogP contribution in [0.5, 0.6) is 5.75 Å². The molecule has 0 saturated heterocycles. The van der Waals surface area contributed by atoms with Crippen molar-refractivity contribution in [1.82, 2.24) is 19.6 Å². The minimum Gasteiger partial charge on any atom is -0.467 e. The van der Waals surface area contributed by atoms with Gasteiger partial charge in [0, 0.05) is 29.3 Å². The summed E-state index contributed by atoms with van der Waals surface area (Å²) in [6.07, 6.45) is 3.44. The normalized spacial score (nSPS) is 13.9. The van der Waals surface area contributed by atoms with E-state index in [-0.39, 0.29) is 12.6 Å². The van der Waals surface area contributed by atoms with Crippen LogP contribution in [-0.2, 0) is 17.1 Å². The summed E-state index contributed by atoms with van der Waals surface area (Å²) in [5.74, 6) is 1.45. The highest BCUT2D eigenvalue weighted by Crippen LogP contribution is 2.33. The summed E-state index contributed by atoms with van der Waals surface area (Å²) in [4.78, 5) is 8.42. The number of rotatable bonds is 3. The molecule has 0 aliphatic carbocycles. The number of hydrogen-bond acceptors (Lipinski definition) is 6. The van der Waals surface area contributed by atoms with Crippen molar-refractivity contribution in [2.45, 2.75) is 17.5 Å². The summed E-state index contributed by atoms with van der Waals surface area (Å²) in [6.45, 7) is 0.550. The first kappa shape index (κ1) is 13.5. The van der Waals surface area contributed by atoms with E-state index in [4.69, 9.17) is 9.47 Å². The Balaban J connectivity index is 1.59. The maximum atomic E-state index is 13.7. The van der Waals surface area contributed by atoms with E-state index in [1.54, 1.807) is 23.0 Å².